The number of benzene rings is 1. The summed E-state index contributed by atoms with van der Waals surface area (Å²) in [6, 6.07) is 10.6. The second-order valence-corrected chi connectivity index (χ2v) is 8.11. The lowest BCUT2D eigenvalue weighted by Gasteiger charge is -2.25. The van der Waals surface area contributed by atoms with Crippen molar-refractivity contribution in [3.05, 3.63) is 63.5 Å². The van der Waals surface area contributed by atoms with Gasteiger partial charge in [0.1, 0.15) is 10.2 Å². The lowest BCUT2D eigenvalue weighted by Crippen LogP contribution is -2.43. The van der Waals surface area contributed by atoms with Crippen LogP contribution < -0.4 is 10.9 Å². The number of aryl methyl sites for hydroxylation is 1. The zero-order valence-electron chi connectivity index (χ0n) is 16.3. The third-order valence-corrected chi connectivity index (χ3v) is 6.56. The van der Waals surface area contributed by atoms with Crippen LogP contribution in [-0.2, 0) is 23.9 Å². The summed E-state index contributed by atoms with van der Waals surface area (Å²) in [7, 11) is 1.63. The predicted octanol–water partition coefficient (Wildman–Crippen LogP) is 2.00. The molecule has 1 aliphatic heterocycles. The number of carbonyl (C=O) groups is 2. The maximum absolute atomic E-state index is 13.4. The Morgan fingerprint density at radius 3 is 2.60 bits per heavy atom. The van der Waals surface area contributed by atoms with Gasteiger partial charge in [0.25, 0.3) is 11.5 Å². The van der Waals surface area contributed by atoms with E-state index in [9.17, 15) is 14.4 Å². The molecule has 0 saturated carbocycles. The number of thiophene rings is 1. The molecule has 152 valence electrons. The zero-order chi connectivity index (χ0) is 21.0. The molecule has 10 heteroatoms. The summed E-state index contributed by atoms with van der Waals surface area (Å²) in [5.41, 5.74) is 0.135. The zero-order valence-corrected chi connectivity index (χ0v) is 17.1. The Kier molecular flexibility index (Phi) is 4.00. The van der Waals surface area contributed by atoms with E-state index in [0.717, 1.165) is 10.5 Å². The van der Waals surface area contributed by atoms with Gasteiger partial charge in [0.2, 0.25) is 5.78 Å². The Bertz CT molecular complexity index is 1370. The molecule has 1 aliphatic rings. The second kappa shape index (κ2) is 6.49. The number of fused-ring (bicyclic) bond motifs is 3. The largest absolute Gasteiger partial charge is 0.325 e. The van der Waals surface area contributed by atoms with Crippen molar-refractivity contribution < 1.29 is 9.59 Å². The molecule has 4 heterocycles. The standard InChI is InChI=1S/C20H18N6O3S/c1-3-20(12-7-5-4-6-8-12)17(28)25(19(29)21-20)11-14-22-23-18-24(2)16(27)15-13(26(14)18)9-10-30-15/h4-10H,3,11H2,1-2H3,(H,21,29). The van der Waals surface area contributed by atoms with Crippen LogP contribution in [0.2, 0.25) is 0 Å². The molecule has 3 aromatic heterocycles. The van der Waals surface area contributed by atoms with Crippen molar-refractivity contribution in [3.8, 4) is 0 Å². The van der Waals surface area contributed by atoms with Crippen LogP contribution in [0.15, 0.2) is 46.6 Å². The average molecular weight is 422 g/mol. The molecular weight excluding hydrogens is 404 g/mol. The highest BCUT2D eigenvalue weighted by Crippen LogP contribution is 2.33. The number of urea groups is 1. The van der Waals surface area contributed by atoms with Gasteiger partial charge < -0.3 is 5.32 Å². The molecule has 4 aromatic rings. The van der Waals surface area contributed by atoms with Gasteiger partial charge >= 0.3 is 6.03 Å². The van der Waals surface area contributed by atoms with Crippen LogP contribution in [0.1, 0.15) is 24.7 Å². The Morgan fingerprint density at radius 2 is 1.87 bits per heavy atom. The molecule has 1 aromatic carbocycles. The van der Waals surface area contributed by atoms with Crippen LogP contribution >= 0.6 is 11.3 Å². The highest BCUT2D eigenvalue weighted by molar-refractivity contribution is 7.17. The second-order valence-electron chi connectivity index (χ2n) is 7.20. The summed E-state index contributed by atoms with van der Waals surface area (Å²) in [4.78, 5) is 39.9. The monoisotopic (exact) mass is 422 g/mol. The van der Waals surface area contributed by atoms with E-state index in [-0.39, 0.29) is 18.0 Å². The van der Waals surface area contributed by atoms with Crippen molar-refractivity contribution in [1.82, 2.24) is 29.4 Å². The summed E-state index contributed by atoms with van der Waals surface area (Å²) in [6.45, 7) is 1.81. The van der Waals surface area contributed by atoms with E-state index in [0.29, 0.717) is 28.2 Å². The van der Waals surface area contributed by atoms with Crippen molar-refractivity contribution in [2.75, 3.05) is 0 Å². The molecule has 0 aliphatic carbocycles. The first-order valence-electron chi connectivity index (χ1n) is 9.48. The fourth-order valence-corrected chi connectivity index (χ4v) is 4.88. The van der Waals surface area contributed by atoms with Crippen molar-refractivity contribution in [2.24, 2.45) is 7.05 Å². The van der Waals surface area contributed by atoms with E-state index >= 15 is 0 Å². The first kappa shape index (κ1) is 18.5. The topological polar surface area (TPSA) is 102 Å². The lowest BCUT2D eigenvalue weighted by atomic mass is 9.87. The van der Waals surface area contributed by atoms with Gasteiger partial charge in [-0.25, -0.2) is 4.79 Å². The predicted molar refractivity (Wildman–Crippen MR) is 111 cm³/mol. The van der Waals surface area contributed by atoms with E-state index in [1.165, 1.54) is 15.9 Å². The highest BCUT2D eigenvalue weighted by atomic mass is 32.1. The smallest absolute Gasteiger partial charge is 0.319 e. The van der Waals surface area contributed by atoms with E-state index in [1.54, 1.807) is 11.4 Å². The maximum Gasteiger partial charge on any atom is 0.325 e. The fraction of sp³-hybridized carbons (Fsp3) is 0.250. The molecule has 0 radical (unpaired) electrons. The van der Waals surface area contributed by atoms with E-state index in [1.807, 2.05) is 48.7 Å². The number of hydrogen-bond acceptors (Lipinski definition) is 6. The van der Waals surface area contributed by atoms with Gasteiger partial charge in [0.05, 0.1) is 12.1 Å². The number of nitrogens with one attached hydrogen (secondary N) is 1. The molecule has 0 spiro atoms. The van der Waals surface area contributed by atoms with Gasteiger partial charge in [0.15, 0.2) is 5.82 Å². The van der Waals surface area contributed by atoms with Crippen LogP contribution in [0.25, 0.3) is 16.0 Å². The SMILES string of the molecule is CCC1(c2ccccc2)NC(=O)N(Cc2nnc3n(C)c(=O)c4sccc4n23)C1=O. The van der Waals surface area contributed by atoms with Crippen LogP contribution in [0.4, 0.5) is 4.79 Å². The molecule has 9 nitrogen and oxygen atoms in total. The molecule has 3 amide bonds. The highest BCUT2D eigenvalue weighted by Gasteiger charge is 2.51. The maximum atomic E-state index is 13.4. The third kappa shape index (κ3) is 2.37. The first-order valence-corrected chi connectivity index (χ1v) is 10.4. The number of aromatic nitrogens is 4. The number of hydrogen-bond donors (Lipinski definition) is 1. The fourth-order valence-electron chi connectivity index (χ4n) is 4.03. The van der Waals surface area contributed by atoms with Gasteiger partial charge in [0, 0.05) is 7.05 Å². The molecule has 1 unspecified atom stereocenters. The van der Waals surface area contributed by atoms with Gasteiger partial charge in [-0.3, -0.25) is 23.5 Å². The number of carbonyl (C=O) groups excluding carboxylic acids is 2. The van der Waals surface area contributed by atoms with Crippen LogP contribution in [-0.4, -0.2) is 36.0 Å². The van der Waals surface area contributed by atoms with Crippen molar-refractivity contribution in [1.29, 1.82) is 0 Å². The summed E-state index contributed by atoms with van der Waals surface area (Å²) in [6.07, 6.45) is 0.419. The van der Waals surface area contributed by atoms with Crippen LogP contribution in [0, 0.1) is 0 Å². The minimum absolute atomic E-state index is 0.0520. The Hall–Kier alpha value is -3.53. The van der Waals surface area contributed by atoms with E-state index < -0.39 is 11.6 Å². The summed E-state index contributed by atoms with van der Waals surface area (Å²) < 4.78 is 3.71. The Balaban J connectivity index is 1.60. The first-order chi connectivity index (χ1) is 14.5. The molecule has 0 bridgehead atoms. The number of nitrogens with zero attached hydrogens (tertiary/aromatic N) is 5. The van der Waals surface area contributed by atoms with Gasteiger partial charge in [-0.15, -0.1) is 21.5 Å². The van der Waals surface area contributed by atoms with E-state index in [4.69, 9.17) is 0 Å². The molecule has 30 heavy (non-hydrogen) atoms. The average Bonchev–Trinajstić information content (AvgIpc) is 3.46. The summed E-state index contributed by atoms with van der Waals surface area (Å²) >= 11 is 1.33. The minimum Gasteiger partial charge on any atom is -0.319 e. The molecule has 1 fully saturated rings. The van der Waals surface area contributed by atoms with E-state index in [2.05, 4.69) is 15.5 Å². The van der Waals surface area contributed by atoms with Gasteiger partial charge in [-0.05, 0) is 23.4 Å². The number of amides is 3. The van der Waals surface area contributed by atoms with Gasteiger partial charge in [-0.1, -0.05) is 37.3 Å². The number of rotatable bonds is 4. The summed E-state index contributed by atoms with van der Waals surface area (Å²) in [5, 5.41) is 13.0. The van der Waals surface area contributed by atoms with Crippen LogP contribution in [0.5, 0.6) is 0 Å². The Labute approximate surface area is 174 Å². The quantitative estimate of drug-likeness (QED) is 0.507. The number of imide groups is 1. The van der Waals surface area contributed by atoms with Crippen molar-refractivity contribution >= 4 is 39.3 Å². The lowest BCUT2D eigenvalue weighted by molar-refractivity contribution is -0.132. The van der Waals surface area contributed by atoms with Crippen LogP contribution in [0.3, 0.4) is 0 Å². The Morgan fingerprint density at radius 1 is 1.10 bits per heavy atom. The summed E-state index contributed by atoms with van der Waals surface area (Å²) in [5.74, 6) is 0.439. The van der Waals surface area contributed by atoms with Crippen molar-refractivity contribution in [3.63, 3.8) is 0 Å². The van der Waals surface area contributed by atoms with Crippen molar-refractivity contribution in [2.45, 2.75) is 25.4 Å². The third-order valence-electron chi connectivity index (χ3n) is 5.67. The normalized spacial score (nSPS) is 19.2. The molecule has 5 rings (SSSR count). The molecule has 1 N–H and O–H groups in total. The molecular formula is C20H18N6O3S. The molecule has 1 saturated heterocycles. The minimum atomic E-state index is -1.11. The molecule has 1 atom stereocenters. The van der Waals surface area contributed by atoms with Gasteiger partial charge in [-0.2, -0.15) is 0 Å².